The second-order valence-electron chi connectivity index (χ2n) is 10.4. The number of sulfonamides is 1. The van der Waals surface area contributed by atoms with Gasteiger partial charge in [-0.05, 0) is 73.9 Å². The highest BCUT2D eigenvalue weighted by Gasteiger charge is 2.34. The molecule has 3 aromatic carbocycles. The average Bonchev–Trinajstić information content (AvgIpc) is 3.55. The lowest BCUT2D eigenvalue weighted by Gasteiger charge is -2.33. The monoisotopic (exact) mass is 609 g/mol. The third kappa shape index (κ3) is 7.59. The number of rotatable bonds is 13. The third-order valence-electron chi connectivity index (χ3n) is 7.64. The maximum atomic E-state index is 14.2. The van der Waals surface area contributed by atoms with Crippen LogP contribution in [0.1, 0.15) is 38.2 Å². The molecule has 0 radical (unpaired) electrons. The Morgan fingerprint density at radius 3 is 2.21 bits per heavy atom. The molecule has 1 atom stereocenters. The first kappa shape index (κ1) is 31.7. The van der Waals surface area contributed by atoms with Gasteiger partial charge in [-0.2, -0.15) is 0 Å². The summed E-state index contributed by atoms with van der Waals surface area (Å²) < 4.78 is 45.3. The Hall–Kier alpha value is -4.25. The van der Waals surface area contributed by atoms with E-state index in [2.05, 4.69) is 5.32 Å². The number of hydrogen-bond acceptors (Lipinski definition) is 7. The fourth-order valence-electron chi connectivity index (χ4n) is 5.17. The summed E-state index contributed by atoms with van der Waals surface area (Å²) in [6.45, 7) is 1.16. The summed E-state index contributed by atoms with van der Waals surface area (Å²) in [5.74, 6) is 0.528. The zero-order valence-corrected chi connectivity index (χ0v) is 25.8. The van der Waals surface area contributed by atoms with Crippen molar-refractivity contribution >= 4 is 27.5 Å². The molecule has 1 aliphatic rings. The lowest BCUT2D eigenvalue weighted by Crippen LogP contribution is -2.52. The minimum Gasteiger partial charge on any atom is -0.497 e. The molecule has 1 fully saturated rings. The van der Waals surface area contributed by atoms with E-state index in [1.807, 2.05) is 6.07 Å². The number of hydrogen-bond donors (Lipinski definition) is 1. The van der Waals surface area contributed by atoms with Crippen LogP contribution in [0.4, 0.5) is 5.69 Å². The first-order valence-electron chi connectivity index (χ1n) is 14.2. The van der Waals surface area contributed by atoms with E-state index in [1.165, 1.54) is 31.3 Å². The van der Waals surface area contributed by atoms with Gasteiger partial charge in [-0.1, -0.05) is 37.1 Å². The van der Waals surface area contributed by atoms with Gasteiger partial charge < -0.3 is 24.4 Å². The summed E-state index contributed by atoms with van der Waals surface area (Å²) in [5, 5.41) is 3.07. The van der Waals surface area contributed by atoms with Crippen LogP contribution in [0.3, 0.4) is 0 Å². The molecule has 43 heavy (non-hydrogen) atoms. The highest BCUT2D eigenvalue weighted by atomic mass is 32.2. The van der Waals surface area contributed by atoms with Gasteiger partial charge in [0.1, 0.15) is 29.8 Å². The van der Waals surface area contributed by atoms with E-state index in [4.69, 9.17) is 14.2 Å². The molecular formula is C32H39N3O7S. The molecule has 0 saturated heterocycles. The van der Waals surface area contributed by atoms with Crippen molar-refractivity contribution in [2.45, 2.75) is 56.1 Å². The molecule has 4 rings (SSSR count). The van der Waals surface area contributed by atoms with Crippen molar-refractivity contribution in [3.63, 3.8) is 0 Å². The minimum atomic E-state index is -4.26. The molecule has 0 unspecified atom stereocenters. The first-order chi connectivity index (χ1) is 20.7. The standard InChI is InChI=1S/C32H39N3O7S/c1-23(32(37)33-25-11-5-6-12-25)34(21-24-10-9-13-27(20-24)41-3)31(36)22-35(29-14-7-8-15-30(29)42-4)43(38,39)28-18-16-26(40-2)17-19-28/h7-10,13-20,23,25H,5-6,11-12,21-22H2,1-4H3,(H,33,37)/t23-/m1/s1. The largest absolute Gasteiger partial charge is 0.497 e. The summed E-state index contributed by atoms with van der Waals surface area (Å²) in [6, 6.07) is 18.9. The van der Waals surface area contributed by atoms with Crippen LogP contribution < -0.4 is 23.8 Å². The lowest BCUT2D eigenvalue weighted by atomic mass is 10.1. The Morgan fingerprint density at radius 1 is 0.884 bits per heavy atom. The van der Waals surface area contributed by atoms with Crippen LogP contribution in [0, 0.1) is 0 Å². The zero-order chi connectivity index (χ0) is 31.0. The maximum Gasteiger partial charge on any atom is 0.264 e. The Morgan fingerprint density at radius 2 is 1.56 bits per heavy atom. The summed E-state index contributed by atoms with van der Waals surface area (Å²) >= 11 is 0. The molecular weight excluding hydrogens is 570 g/mol. The highest BCUT2D eigenvalue weighted by molar-refractivity contribution is 7.92. The van der Waals surface area contributed by atoms with Crippen molar-refractivity contribution in [2.24, 2.45) is 0 Å². The molecule has 0 heterocycles. The number of nitrogens with zero attached hydrogens (tertiary/aromatic N) is 2. The Bertz CT molecular complexity index is 1510. The number of benzene rings is 3. The lowest BCUT2D eigenvalue weighted by molar-refractivity contribution is -0.139. The summed E-state index contributed by atoms with van der Waals surface area (Å²) in [5.41, 5.74) is 0.925. The van der Waals surface area contributed by atoms with Crippen LogP contribution >= 0.6 is 0 Å². The van der Waals surface area contributed by atoms with Gasteiger partial charge in [-0.25, -0.2) is 8.42 Å². The van der Waals surface area contributed by atoms with Crippen molar-refractivity contribution in [1.29, 1.82) is 0 Å². The van der Waals surface area contributed by atoms with Gasteiger partial charge in [-0.3, -0.25) is 13.9 Å². The SMILES string of the molecule is COc1ccc(S(=O)(=O)N(CC(=O)N(Cc2cccc(OC)c2)[C@H](C)C(=O)NC2CCCC2)c2ccccc2OC)cc1. The van der Waals surface area contributed by atoms with Crippen molar-refractivity contribution in [3.8, 4) is 17.2 Å². The molecule has 3 aromatic rings. The molecule has 0 spiro atoms. The van der Waals surface area contributed by atoms with E-state index < -0.39 is 28.5 Å². The van der Waals surface area contributed by atoms with Crippen molar-refractivity contribution in [2.75, 3.05) is 32.2 Å². The normalized spacial score (nSPS) is 14.0. The van der Waals surface area contributed by atoms with Crippen LogP contribution in [0.5, 0.6) is 17.2 Å². The summed E-state index contributed by atoms with van der Waals surface area (Å²) in [7, 11) is 0.216. The fraction of sp³-hybridized carbons (Fsp3) is 0.375. The quantitative estimate of drug-likeness (QED) is 0.306. The number of amides is 2. The van der Waals surface area contributed by atoms with E-state index in [0.29, 0.717) is 11.5 Å². The molecule has 10 nitrogen and oxygen atoms in total. The molecule has 2 amide bonds. The van der Waals surface area contributed by atoms with Crippen LogP contribution in [0.25, 0.3) is 0 Å². The summed E-state index contributed by atoms with van der Waals surface area (Å²) in [6.07, 6.45) is 3.87. The molecule has 1 N–H and O–H groups in total. The second-order valence-corrected chi connectivity index (χ2v) is 12.3. The highest BCUT2D eigenvalue weighted by Crippen LogP contribution is 2.33. The number of carbonyl (C=O) groups excluding carboxylic acids is 2. The third-order valence-corrected chi connectivity index (χ3v) is 9.41. The number of methoxy groups -OCH3 is 3. The molecule has 230 valence electrons. The van der Waals surface area contributed by atoms with E-state index in [9.17, 15) is 18.0 Å². The van der Waals surface area contributed by atoms with Crippen molar-refractivity contribution in [3.05, 3.63) is 78.4 Å². The Labute approximate surface area is 253 Å². The maximum absolute atomic E-state index is 14.2. The first-order valence-corrected chi connectivity index (χ1v) is 15.6. The predicted molar refractivity (Wildman–Crippen MR) is 164 cm³/mol. The van der Waals surface area contributed by atoms with Crippen molar-refractivity contribution < 1.29 is 32.2 Å². The van der Waals surface area contributed by atoms with Gasteiger partial charge >= 0.3 is 0 Å². The van der Waals surface area contributed by atoms with Gasteiger partial charge in [0.15, 0.2) is 0 Å². The van der Waals surface area contributed by atoms with Gasteiger partial charge in [0.25, 0.3) is 10.0 Å². The van der Waals surface area contributed by atoms with Crippen molar-refractivity contribution in [1.82, 2.24) is 10.2 Å². The van der Waals surface area contributed by atoms with Gasteiger partial charge in [-0.15, -0.1) is 0 Å². The molecule has 1 aliphatic carbocycles. The average molecular weight is 610 g/mol. The smallest absolute Gasteiger partial charge is 0.264 e. The summed E-state index contributed by atoms with van der Waals surface area (Å²) in [4.78, 5) is 29.0. The Balaban J connectivity index is 1.72. The topological polar surface area (TPSA) is 114 Å². The van der Waals surface area contributed by atoms with Gasteiger partial charge in [0, 0.05) is 12.6 Å². The molecule has 1 saturated carbocycles. The van der Waals surface area contributed by atoms with Crippen LogP contribution in [0.15, 0.2) is 77.7 Å². The fourth-order valence-corrected chi connectivity index (χ4v) is 6.59. The van der Waals surface area contributed by atoms with Crippen LogP contribution in [-0.2, 0) is 26.2 Å². The number of ether oxygens (including phenoxy) is 3. The molecule has 0 aromatic heterocycles. The molecule has 11 heteroatoms. The van der Waals surface area contributed by atoms with E-state index >= 15 is 0 Å². The number of anilines is 1. The second kappa shape index (κ2) is 14.3. The van der Waals surface area contributed by atoms with Gasteiger partial charge in [0.05, 0.1) is 31.9 Å². The van der Waals surface area contributed by atoms with Crippen LogP contribution in [0.2, 0.25) is 0 Å². The minimum absolute atomic E-state index is 0.0293. The zero-order valence-electron chi connectivity index (χ0n) is 25.0. The number of para-hydroxylation sites is 2. The molecule has 0 bridgehead atoms. The number of carbonyl (C=O) groups is 2. The van der Waals surface area contributed by atoms with Gasteiger partial charge in [0.2, 0.25) is 11.8 Å². The Kier molecular flexibility index (Phi) is 10.5. The van der Waals surface area contributed by atoms with Crippen LogP contribution in [-0.4, -0.2) is 65.1 Å². The van der Waals surface area contributed by atoms with E-state index in [0.717, 1.165) is 35.6 Å². The predicted octanol–water partition coefficient (Wildman–Crippen LogP) is 4.38. The van der Waals surface area contributed by atoms with E-state index in [1.54, 1.807) is 68.6 Å². The molecule has 0 aliphatic heterocycles. The van der Waals surface area contributed by atoms with E-state index in [-0.39, 0.29) is 34.8 Å². The number of nitrogens with one attached hydrogen (secondary N) is 1.